The van der Waals surface area contributed by atoms with Crippen LogP contribution in [0.5, 0.6) is 0 Å². The number of fused-ring (bicyclic) bond motifs is 2. The van der Waals surface area contributed by atoms with Gasteiger partial charge in [-0.05, 0) is 49.4 Å². The predicted octanol–water partition coefficient (Wildman–Crippen LogP) is 3.75. The van der Waals surface area contributed by atoms with E-state index in [9.17, 15) is 8.78 Å². The third-order valence-electron chi connectivity index (χ3n) is 4.07. The van der Waals surface area contributed by atoms with E-state index < -0.39 is 5.67 Å². The van der Waals surface area contributed by atoms with Crippen LogP contribution in [-0.4, -0.2) is 17.8 Å². The normalized spacial score (nSPS) is 34.8. The Morgan fingerprint density at radius 3 is 2.61 bits per heavy atom. The maximum atomic E-state index is 14.9. The second kappa shape index (κ2) is 4.57. The Morgan fingerprint density at radius 1 is 1.28 bits per heavy atom. The average Bonchev–Trinajstić information content (AvgIpc) is 2.64. The molecule has 2 atom stereocenters. The molecule has 0 amide bonds. The number of halogens is 3. The Hall–Kier alpha value is -0.480. The van der Waals surface area contributed by atoms with Crippen LogP contribution >= 0.6 is 15.9 Å². The number of piperidine rings is 1. The third kappa shape index (κ3) is 2.45. The van der Waals surface area contributed by atoms with Crippen molar-refractivity contribution >= 4 is 15.9 Å². The number of hydrogen-bond donors (Lipinski definition) is 1. The Kier molecular flexibility index (Phi) is 3.18. The van der Waals surface area contributed by atoms with Gasteiger partial charge in [-0.15, -0.1) is 0 Å². The van der Waals surface area contributed by atoms with Gasteiger partial charge in [-0.25, -0.2) is 8.78 Å². The zero-order chi connectivity index (χ0) is 12.8. The number of alkyl halides is 1. The fourth-order valence-corrected chi connectivity index (χ4v) is 3.74. The molecule has 1 N–H and O–H groups in total. The molecule has 2 heterocycles. The van der Waals surface area contributed by atoms with Gasteiger partial charge in [0.2, 0.25) is 0 Å². The molecule has 0 saturated carbocycles. The van der Waals surface area contributed by atoms with E-state index >= 15 is 0 Å². The SMILES string of the molecule is Fc1ccc(Br)c(CC2(F)CC3CCC(C2)N3)c1. The lowest BCUT2D eigenvalue weighted by molar-refractivity contribution is 0.0891. The maximum Gasteiger partial charge on any atom is 0.123 e. The second-order valence-electron chi connectivity index (χ2n) is 5.61. The van der Waals surface area contributed by atoms with Crippen LogP contribution < -0.4 is 5.32 Å². The zero-order valence-corrected chi connectivity index (χ0v) is 11.6. The topological polar surface area (TPSA) is 12.0 Å². The summed E-state index contributed by atoms with van der Waals surface area (Å²) in [7, 11) is 0. The van der Waals surface area contributed by atoms with Crippen molar-refractivity contribution in [3.05, 3.63) is 34.1 Å². The van der Waals surface area contributed by atoms with Crippen LogP contribution in [0.4, 0.5) is 8.78 Å². The molecule has 2 aliphatic heterocycles. The molecule has 18 heavy (non-hydrogen) atoms. The molecule has 0 spiro atoms. The van der Waals surface area contributed by atoms with Gasteiger partial charge in [0.05, 0.1) is 0 Å². The largest absolute Gasteiger partial charge is 0.311 e. The summed E-state index contributed by atoms with van der Waals surface area (Å²) in [5.74, 6) is -0.297. The van der Waals surface area contributed by atoms with E-state index in [0.717, 1.165) is 22.9 Å². The summed E-state index contributed by atoms with van der Waals surface area (Å²) in [6.07, 6.45) is 3.54. The number of benzene rings is 1. The van der Waals surface area contributed by atoms with Crippen LogP contribution in [0.25, 0.3) is 0 Å². The first-order valence-corrected chi connectivity index (χ1v) is 7.22. The highest BCUT2D eigenvalue weighted by Crippen LogP contribution is 2.39. The standard InChI is InChI=1S/C14H16BrF2N/c15-13-4-1-10(16)5-9(13)6-14(17)7-11-2-3-12(8-14)18-11/h1,4-5,11-12,18H,2-3,6-8H2. The minimum absolute atomic E-state index is 0.297. The van der Waals surface area contributed by atoms with Crippen LogP contribution in [0.2, 0.25) is 0 Å². The second-order valence-corrected chi connectivity index (χ2v) is 6.46. The highest BCUT2D eigenvalue weighted by molar-refractivity contribution is 9.10. The van der Waals surface area contributed by atoms with E-state index in [-0.39, 0.29) is 5.82 Å². The average molecular weight is 316 g/mol. The first-order valence-electron chi connectivity index (χ1n) is 6.43. The van der Waals surface area contributed by atoms with E-state index in [0.29, 0.717) is 31.3 Å². The molecule has 0 aliphatic carbocycles. The quantitative estimate of drug-likeness (QED) is 0.876. The van der Waals surface area contributed by atoms with Gasteiger partial charge in [0.1, 0.15) is 11.5 Å². The lowest BCUT2D eigenvalue weighted by Gasteiger charge is -2.35. The van der Waals surface area contributed by atoms with Gasteiger partial charge in [-0.2, -0.15) is 0 Å². The Balaban J connectivity index is 1.81. The van der Waals surface area contributed by atoms with Crippen LogP contribution in [0.1, 0.15) is 31.2 Å². The maximum absolute atomic E-state index is 14.9. The van der Waals surface area contributed by atoms with Crippen molar-refractivity contribution in [3.8, 4) is 0 Å². The van der Waals surface area contributed by atoms with Gasteiger partial charge >= 0.3 is 0 Å². The van der Waals surface area contributed by atoms with Crippen LogP contribution in [0.15, 0.2) is 22.7 Å². The van der Waals surface area contributed by atoms with Gasteiger partial charge in [-0.1, -0.05) is 15.9 Å². The number of nitrogens with one attached hydrogen (secondary N) is 1. The lowest BCUT2D eigenvalue weighted by atomic mass is 9.84. The summed E-state index contributed by atoms with van der Waals surface area (Å²) in [5, 5.41) is 3.43. The van der Waals surface area contributed by atoms with E-state index in [4.69, 9.17) is 0 Å². The van der Waals surface area contributed by atoms with Gasteiger partial charge in [0, 0.05) is 23.0 Å². The van der Waals surface area contributed by atoms with Crippen molar-refractivity contribution in [3.63, 3.8) is 0 Å². The summed E-state index contributed by atoms with van der Waals surface area (Å²) in [4.78, 5) is 0. The van der Waals surface area contributed by atoms with Crippen molar-refractivity contribution in [2.75, 3.05) is 0 Å². The molecular weight excluding hydrogens is 300 g/mol. The van der Waals surface area contributed by atoms with Gasteiger partial charge in [0.25, 0.3) is 0 Å². The van der Waals surface area contributed by atoms with Crippen molar-refractivity contribution in [1.82, 2.24) is 5.32 Å². The van der Waals surface area contributed by atoms with Gasteiger partial charge < -0.3 is 5.32 Å². The number of hydrogen-bond acceptors (Lipinski definition) is 1. The number of rotatable bonds is 2. The first kappa shape index (κ1) is 12.5. The summed E-state index contributed by atoms with van der Waals surface area (Å²) >= 11 is 3.38. The van der Waals surface area contributed by atoms with Crippen molar-refractivity contribution in [1.29, 1.82) is 0 Å². The molecule has 2 unspecified atom stereocenters. The smallest absolute Gasteiger partial charge is 0.123 e. The summed E-state index contributed by atoms with van der Waals surface area (Å²) in [6.45, 7) is 0. The highest BCUT2D eigenvalue weighted by Gasteiger charge is 2.44. The Morgan fingerprint density at radius 2 is 1.94 bits per heavy atom. The molecule has 3 rings (SSSR count). The van der Waals surface area contributed by atoms with E-state index in [1.54, 1.807) is 6.07 Å². The molecule has 1 nitrogen and oxygen atoms in total. The van der Waals surface area contributed by atoms with E-state index in [1.807, 2.05) is 0 Å². The molecule has 1 aromatic rings. The van der Waals surface area contributed by atoms with Crippen molar-refractivity contribution in [2.45, 2.75) is 49.9 Å². The fraction of sp³-hybridized carbons (Fsp3) is 0.571. The summed E-state index contributed by atoms with van der Waals surface area (Å²) in [5.41, 5.74) is -0.452. The van der Waals surface area contributed by atoms with E-state index in [1.165, 1.54) is 12.1 Å². The zero-order valence-electron chi connectivity index (χ0n) is 10.1. The lowest BCUT2D eigenvalue weighted by Crippen LogP contribution is -2.47. The minimum Gasteiger partial charge on any atom is -0.311 e. The molecular formula is C14H16BrF2N. The van der Waals surface area contributed by atoms with Crippen LogP contribution in [0, 0.1) is 5.82 Å². The molecule has 2 bridgehead atoms. The Labute approximate surface area is 114 Å². The molecule has 98 valence electrons. The van der Waals surface area contributed by atoms with Gasteiger partial charge in [-0.3, -0.25) is 0 Å². The molecule has 4 heteroatoms. The third-order valence-corrected chi connectivity index (χ3v) is 4.85. The Bertz CT molecular complexity index is 451. The highest BCUT2D eigenvalue weighted by atomic mass is 79.9. The molecule has 0 radical (unpaired) electrons. The monoisotopic (exact) mass is 315 g/mol. The predicted molar refractivity (Wildman–Crippen MR) is 70.8 cm³/mol. The first-order chi connectivity index (χ1) is 8.54. The van der Waals surface area contributed by atoms with Crippen molar-refractivity contribution < 1.29 is 8.78 Å². The summed E-state index contributed by atoms with van der Waals surface area (Å²) in [6, 6.07) is 5.10. The molecule has 1 aromatic carbocycles. The minimum atomic E-state index is -1.19. The van der Waals surface area contributed by atoms with Crippen molar-refractivity contribution in [2.24, 2.45) is 0 Å². The van der Waals surface area contributed by atoms with Crippen LogP contribution in [-0.2, 0) is 6.42 Å². The van der Waals surface area contributed by atoms with E-state index in [2.05, 4.69) is 21.2 Å². The molecule has 2 saturated heterocycles. The molecule has 0 aromatic heterocycles. The van der Waals surface area contributed by atoms with Crippen LogP contribution in [0.3, 0.4) is 0 Å². The van der Waals surface area contributed by atoms with Gasteiger partial charge in [0.15, 0.2) is 0 Å². The molecule has 2 aliphatic rings. The fourth-order valence-electron chi connectivity index (χ4n) is 3.36. The molecule has 2 fully saturated rings. The summed E-state index contributed by atoms with van der Waals surface area (Å²) < 4.78 is 29.0.